The summed E-state index contributed by atoms with van der Waals surface area (Å²) in [6.45, 7) is 4.10. The van der Waals surface area contributed by atoms with Gasteiger partial charge in [0.2, 0.25) is 5.89 Å². The largest absolute Gasteiger partial charge is 0.465 e. The van der Waals surface area contributed by atoms with Crippen LogP contribution in [-0.4, -0.2) is 23.0 Å². The molecule has 19 heavy (non-hydrogen) atoms. The second-order valence-corrected chi connectivity index (χ2v) is 5.09. The summed E-state index contributed by atoms with van der Waals surface area (Å²) in [5.74, 6) is 0.837. The second kappa shape index (κ2) is 5.58. The number of nitrogens with zero attached hydrogens (tertiary/aromatic N) is 2. The molecule has 0 spiro atoms. The predicted octanol–water partition coefficient (Wildman–Crippen LogP) is 2.80. The topological polar surface area (TPSA) is 77.2 Å². The average molecular weight is 302 g/mol. The van der Waals surface area contributed by atoms with E-state index in [0.717, 1.165) is 22.8 Å². The Morgan fingerprint density at radius 3 is 2.79 bits per heavy atom. The van der Waals surface area contributed by atoms with Crippen molar-refractivity contribution in [1.82, 2.24) is 9.97 Å². The number of aryl methyl sites for hydroxylation is 2. The highest BCUT2D eigenvalue weighted by Gasteiger charge is 2.17. The zero-order valence-corrected chi connectivity index (χ0v) is 12.2. The minimum absolute atomic E-state index is 0.124. The van der Waals surface area contributed by atoms with E-state index in [-0.39, 0.29) is 10.0 Å². The number of methoxy groups -OCH3 is 1. The number of nitrogens with one attached hydrogen (secondary N) is 1. The fourth-order valence-corrected chi connectivity index (χ4v) is 2.46. The Hall–Kier alpha value is -1.60. The van der Waals surface area contributed by atoms with Gasteiger partial charge in [-0.15, -0.1) is 0 Å². The first-order chi connectivity index (χ1) is 9.01. The number of esters is 1. The van der Waals surface area contributed by atoms with E-state index in [9.17, 15) is 4.79 Å². The fourth-order valence-electron chi connectivity index (χ4n) is 1.36. The van der Waals surface area contributed by atoms with Crippen LogP contribution in [0.5, 0.6) is 0 Å². The molecule has 102 valence electrons. The quantitative estimate of drug-likeness (QED) is 0.875. The first kappa shape index (κ1) is 13.8. The number of oxazole rings is 1. The SMILES string of the molecule is COC(=O)c1sc(NCc2nc(C)c(C)o2)nc1Cl. The number of halogens is 1. The van der Waals surface area contributed by atoms with Crippen LogP contribution in [-0.2, 0) is 11.3 Å². The summed E-state index contributed by atoms with van der Waals surface area (Å²) in [5, 5.41) is 3.64. The number of carbonyl (C=O) groups is 1. The van der Waals surface area contributed by atoms with E-state index in [2.05, 4.69) is 20.0 Å². The van der Waals surface area contributed by atoms with E-state index in [0.29, 0.717) is 17.6 Å². The van der Waals surface area contributed by atoms with Crippen molar-refractivity contribution in [1.29, 1.82) is 0 Å². The number of hydrogen-bond donors (Lipinski definition) is 1. The van der Waals surface area contributed by atoms with Crippen LogP contribution in [0, 0.1) is 13.8 Å². The van der Waals surface area contributed by atoms with E-state index in [1.54, 1.807) is 0 Å². The Morgan fingerprint density at radius 1 is 1.47 bits per heavy atom. The van der Waals surface area contributed by atoms with Crippen molar-refractivity contribution in [2.75, 3.05) is 12.4 Å². The van der Waals surface area contributed by atoms with Crippen molar-refractivity contribution in [2.45, 2.75) is 20.4 Å². The first-order valence-corrected chi connectivity index (χ1v) is 6.62. The third-order valence-corrected chi connectivity index (χ3v) is 3.80. The van der Waals surface area contributed by atoms with Gasteiger partial charge in [0.05, 0.1) is 19.3 Å². The molecule has 0 aliphatic rings. The van der Waals surface area contributed by atoms with Crippen LogP contribution >= 0.6 is 22.9 Å². The smallest absolute Gasteiger partial charge is 0.351 e. The summed E-state index contributed by atoms with van der Waals surface area (Å²) in [6, 6.07) is 0. The average Bonchev–Trinajstić information content (AvgIpc) is 2.90. The van der Waals surface area contributed by atoms with Crippen molar-refractivity contribution in [2.24, 2.45) is 0 Å². The van der Waals surface area contributed by atoms with E-state index in [1.807, 2.05) is 13.8 Å². The molecule has 0 aliphatic heterocycles. The molecule has 0 amide bonds. The van der Waals surface area contributed by atoms with Crippen LogP contribution in [0.25, 0.3) is 0 Å². The van der Waals surface area contributed by atoms with Gasteiger partial charge in [-0.05, 0) is 13.8 Å². The van der Waals surface area contributed by atoms with E-state index in [4.69, 9.17) is 16.0 Å². The van der Waals surface area contributed by atoms with Gasteiger partial charge < -0.3 is 14.5 Å². The van der Waals surface area contributed by atoms with E-state index < -0.39 is 5.97 Å². The Bertz CT molecular complexity index is 589. The molecule has 0 bridgehead atoms. The number of thiazole rings is 1. The van der Waals surface area contributed by atoms with Gasteiger partial charge in [0.25, 0.3) is 0 Å². The maximum Gasteiger partial charge on any atom is 0.351 e. The fraction of sp³-hybridized carbons (Fsp3) is 0.364. The molecule has 1 N–H and O–H groups in total. The number of anilines is 1. The molecule has 2 aromatic heterocycles. The van der Waals surface area contributed by atoms with E-state index >= 15 is 0 Å². The van der Waals surface area contributed by atoms with Gasteiger partial charge in [0, 0.05) is 0 Å². The molecule has 2 rings (SSSR count). The first-order valence-electron chi connectivity index (χ1n) is 5.42. The van der Waals surface area contributed by atoms with Gasteiger partial charge in [0.1, 0.15) is 5.76 Å². The highest BCUT2D eigenvalue weighted by Crippen LogP contribution is 2.27. The summed E-state index contributed by atoms with van der Waals surface area (Å²) in [4.78, 5) is 19.9. The third-order valence-electron chi connectivity index (χ3n) is 2.42. The maximum absolute atomic E-state index is 11.4. The normalized spacial score (nSPS) is 10.5. The van der Waals surface area contributed by atoms with Crippen LogP contribution in [0.4, 0.5) is 5.13 Å². The summed E-state index contributed by atoms with van der Waals surface area (Å²) >= 11 is 6.97. The Kier molecular flexibility index (Phi) is 4.06. The lowest BCUT2D eigenvalue weighted by molar-refractivity contribution is 0.0606. The lowest BCUT2D eigenvalue weighted by atomic mass is 10.4. The number of hydrogen-bond acceptors (Lipinski definition) is 7. The molecule has 0 fully saturated rings. The van der Waals surface area contributed by atoms with Crippen molar-refractivity contribution >= 4 is 34.0 Å². The lowest BCUT2D eigenvalue weighted by Crippen LogP contribution is -1.99. The third kappa shape index (κ3) is 3.05. The van der Waals surface area contributed by atoms with Gasteiger partial charge in [-0.25, -0.2) is 14.8 Å². The lowest BCUT2D eigenvalue weighted by Gasteiger charge is -1.97. The number of rotatable bonds is 4. The molecule has 0 radical (unpaired) electrons. The standard InChI is InChI=1S/C11H12ClN3O3S/c1-5-6(2)18-7(14-5)4-13-11-15-9(12)8(19-11)10(16)17-3/h4H2,1-3H3,(H,13,15). The van der Waals surface area contributed by atoms with E-state index in [1.165, 1.54) is 7.11 Å². The minimum atomic E-state index is -0.502. The monoisotopic (exact) mass is 301 g/mol. The van der Waals surface area contributed by atoms with Gasteiger partial charge >= 0.3 is 5.97 Å². The summed E-state index contributed by atoms with van der Waals surface area (Å²) in [5.41, 5.74) is 0.851. The van der Waals surface area contributed by atoms with Crippen molar-refractivity contribution in [3.05, 3.63) is 27.4 Å². The zero-order chi connectivity index (χ0) is 14.0. The zero-order valence-electron chi connectivity index (χ0n) is 10.6. The van der Waals surface area contributed by atoms with Crippen LogP contribution < -0.4 is 5.32 Å². The van der Waals surface area contributed by atoms with Gasteiger partial charge in [0.15, 0.2) is 15.2 Å². The highest BCUT2D eigenvalue weighted by atomic mass is 35.5. The molecule has 8 heteroatoms. The molecule has 2 aromatic rings. The number of ether oxygens (including phenoxy) is 1. The van der Waals surface area contributed by atoms with Gasteiger partial charge in [-0.1, -0.05) is 22.9 Å². The molecular weight excluding hydrogens is 290 g/mol. The molecular formula is C11H12ClN3O3S. The summed E-state index contributed by atoms with van der Waals surface area (Å²) in [6.07, 6.45) is 0. The summed E-state index contributed by atoms with van der Waals surface area (Å²) < 4.78 is 10.0. The number of carbonyl (C=O) groups excluding carboxylic acids is 1. The van der Waals surface area contributed by atoms with Crippen LogP contribution in [0.15, 0.2) is 4.42 Å². The number of aromatic nitrogens is 2. The Morgan fingerprint density at radius 2 is 2.21 bits per heavy atom. The maximum atomic E-state index is 11.4. The molecule has 0 saturated carbocycles. The van der Waals surface area contributed by atoms with Gasteiger partial charge in [-0.2, -0.15) is 0 Å². The molecule has 2 heterocycles. The highest BCUT2D eigenvalue weighted by molar-refractivity contribution is 7.18. The Balaban J connectivity index is 2.06. The molecule has 0 saturated heterocycles. The van der Waals surface area contributed by atoms with Gasteiger partial charge in [-0.3, -0.25) is 0 Å². The predicted molar refractivity (Wildman–Crippen MR) is 71.8 cm³/mol. The second-order valence-electron chi connectivity index (χ2n) is 3.73. The van der Waals surface area contributed by atoms with Crippen LogP contribution in [0.1, 0.15) is 27.0 Å². The Labute approximate surface area is 118 Å². The van der Waals surface area contributed by atoms with Crippen LogP contribution in [0.2, 0.25) is 5.15 Å². The molecule has 0 aliphatic carbocycles. The molecule has 0 unspecified atom stereocenters. The summed E-state index contributed by atoms with van der Waals surface area (Å²) in [7, 11) is 1.30. The van der Waals surface area contributed by atoms with Crippen LogP contribution in [0.3, 0.4) is 0 Å². The van der Waals surface area contributed by atoms with Crippen molar-refractivity contribution < 1.29 is 13.9 Å². The molecule has 0 aromatic carbocycles. The minimum Gasteiger partial charge on any atom is -0.465 e. The van der Waals surface area contributed by atoms with Crippen molar-refractivity contribution in [3.8, 4) is 0 Å². The molecule has 6 nitrogen and oxygen atoms in total. The van der Waals surface area contributed by atoms with Crippen molar-refractivity contribution in [3.63, 3.8) is 0 Å². The molecule has 0 atom stereocenters.